The number of hydrogen-bond donors (Lipinski definition) is 4. The van der Waals surface area contributed by atoms with Crippen molar-refractivity contribution in [3.05, 3.63) is 85.7 Å². The summed E-state index contributed by atoms with van der Waals surface area (Å²) in [4.78, 5) is 55.2. The molecule has 1 aromatic carbocycles. The molecule has 4 N–H and O–H groups in total. The molecule has 0 aliphatic carbocycles. The van der Waals surface area contributed by atoms with E-state index in [9.17, 15) is 23.6 Å². The number of carbonyl (C=O) groups is 3. The molecule has 0 aliphatic heterocycles. The van der Waals surface area contributed by atoms with Crippen molar-refractivity contribution in [3.63, 3.8) is 0 Å². The lowest BCUT2D eigenvalue weighted by atomic mass is 10.2. The van der Waals surface area contributed by atoms with Gasteiger partial charge in [-0.2, -0.15) is 5.10 Å². The van der Waals surface area contributed by atoms with E-state index < -0.39 is 29.4 Å². The lowest BCUT2D eigenvalue weighted by molar-refractivity contribution is 0.0701. The van der Waals surface area contributed by atoms with Crippen LogP contribution in [0.1, 0.15) is 41.1 Å². The van der Waals surface area contributed by atoms with Gasteiger partial charge in [-0.3, -0.25) is 14.6 Å². The van der Waals surface area contributed by atoms with Crippen LogP contribution in [-0.2, 0) is 13.1 Å². The lowest BCUT2D eigenvalue weighted by Gasteiger charge is -2.09. The van der Waals surface area contributed by atoms with Gasteiger partial charge in [0.15, 0.2) is 17.0 Å². The van der Waals surface area contributed by atoms with Gasteiger partial charge in [-0.1, -0.05) is 6.07 Å². The zero-order valence-electron chi connectivity index (χ0n) is 18.1. The highest BCUT2D eigenvalue weighted by Gasteiger charge is 2.20. The van der Waals surface area contributed by atoms with Gasteiger partial charge >= 0.3 is 11.7 Å². The lowest BCUT2D eigenvalue weighted by Crippen LogP contribution is -2.28. The van der Waals surface area contributed by atoms with E-state index >= 15 is 0 Å². The van der Waals surface area contributed by atoms with Crippen LogP contribution in [0.25, 0.3) is 16.7 Å². The number of nitrogens with one attached hydrogen (secondary N) is 3. The highest BCUT2D eigenvalue weighted by Crippen LogP contribution is 2.17. The molecule has 4 aromatic heterocycles. The van der Waals surface area contributed by atoms with Crippen LogP contribution in [0.2, 0.25) is 0 Å². The van der Waals surface area contributed by atoms with Crippen LogP contribution >= 0.6 is 11.3 Å². The fraction of sp³-hybridized carbons (Fsp3) is 0.0909. The fourth-order valence-corrected chi connectivity index (χ4v) is 4.23. The number of halogens is 1. The van der Waals surface area contributed by atoms with Crippen molar-refractivity contribution in [2.75, 3.05) is 0 Å². The highest BCUT2D eigenvalue weighted by molar-refractivity contribution is 7.13. The quantitative estimate of drug-likeness (QED) is 0.257. The van der Waals surface area contributed by atoms with E-state index in [1.54, 1.807) is 24.3 Å². The number of carbonyl (C=O) groups excluding carboxylic acids is 2. The Morgan fingerprint density at radius 3 is 2.69 bits per heavy atom. The normalized spacial score (nSPS) is 11.1. The molecule has 0 saturated carbocycles. The summed E-state index contributed by atoms with van der Waals surface area (Å²) < 4.78 is 20.2. The number of H-pyrrole nitrogens is 1. The summed E-state index contributed by atoms with van der Waals surface area (Å²) in [5.74, 6) is -3.83. The zero-order chi connectivity index (χ0) is 25.4. The van der Waals surface area contributed by atoms with Crippen LogP contribution in [0.15, 0.2) is 51.8 Å². The van der Waals surface area contributed by atoms with Gasteiger partial charge in [-0.15, -0.1) is 11.3 Å². The topological polar surface area (TPSA) is 172 Å². The van der Waals surface area contributed by atoms with Crippen LogP contribution in [0, 0.1) is 5.82 Å². The Kier molecular flexibility index (Phi) is 5.77. The number of oxazole rings is 1. The third kappa shape index (κ3) is 4.44. The molecule has 5 aromatic rings. The maximum Gasteiger partial charge on any atom is 0.417 e. The highest BCUT2D eigenvalue weighted by atomic mass is 32.1. The molecule has 0 atom stereocenters. The zero-order valence-corrected chi connectivity index (χ0v) is 18.9. The molecule has 0 bridgehead atoms. The second-order valence-corrected chi connectivity index (χ2v) is 8.70. The molecule has 4 heterocycles. The largest absolute Gasteiger partial charge is 0.477 e. The van der Waals surface area contributed by atoms with E-state index in [0.29, 0.717) is 21.5 Å². The summed E-state index contributed by atoms with van der Waals surface area (Å²) >= 11 is 1.00. The molecule has 5 rings (SSSR count). The maximum absolute atomic E-state index is 14.3. The van der Waals surface area contributed by atoms with Crippen molar-refractivity contribution in [2.24, 2.45) is 0 Å². The number of aromatic carboxylic acids is 1. The molecule has 0 saturated heterocycles. The molecule has 0 unspecified atom stereocenters. The molecular formula is C22H15FN6O6S. The van der Waals surface area contributed by atoms with Gasteiger partial charge in [0.1, 0.15) is 16.3 Å². The van der Waals surface area contributed by atoms with E-state index in [1.165, 1.54) is 12.1 Å². The minimum absolute atomic E-state index is 0.0183. The van der Waals surface area contributed by atoms with Crippen molar-refractivity contribution in [1.29, 1.82) is 0 Å². The molecule has 0 spiro atoms. The van der Waals surface area contributed by atoms with Crippen molar-refractivity contribution >= 4 is 45.9 Å². The minimum Gasteiger partial charge on any atom is -0.477 e. The molecule has 0 aliphatic rings. The number of carboxylic acid groups (broad SMARTS) is 1. The molecule has 0 fully saturated rings. The van der Waals surface area contributed by atoms with Gasteiger partial charge in [0, 0.05) is 17.5 Å². The number of rotatable bonds is 7. The number of fused-ring (bicyclic) bond motifs is 2. The van der Waals surface area contributed by atoms with Crippen LogP contribution in [-0.4, -0.2) is 42.5 Å². The SMILES string of the molecule is O=C(NCc1ccc2oc(=O)[nH]c2c1)c1cc(C(=O)NCc2ccc(C(=O)O)s2)n2ncc(F)c2n1. The van der Waals surface area contributed by atoms with Crippen molar-refractivity contribution < 1.29 is 28.3 Å². The van der Waals surface area contributed by atoms with E-state index in [-0.39, 0.29) is 35.0 Å². The average Bonchev–Trinajstić information content (AvgIpc) is 3.58. The second kappa shape index (κ2) is 9.07. The fourth-order valence-electron chi connectivity index (χ4n) is 3.44. The molecule has 12 nitrogen and oxygen atoms in total. The Morgan fingerprint density at radius 1 is 1.11 bits per heavy atom. The Morgan fingerprint density at radius 2 is 1.92 bits per heavy atom. The van der Waals surface area contributed by atoms with Gasteiger partial charge < -0.3 is 20.2 Å². The number of aromatic nitrogens is 4. The number of thiophene rings is 1. The summed E-state index contributed by atoms with van der Waals surface area (Å²) in [5, 5.41) is 18.1. The molecule has 0 radical (unpaired) electrons. The Hall–Kier alpha value is -4.85. The minimum atomic E-state index is -1.07. The van der Waals surface area contributed by atoms with E-state index in [1.807, 2.05) is 0 Å². The number of nitrogens with zero attached hydrogens (tertiary/aromatic N) is 3. The number of carboxylic acids is 1. The van der Waals surface area contributed by atoms with E-state index in [0.717, 1.165) is 22.0 Å². The third-order valence-electron chi connectivity index (χ3n) is 5.13. The first-order valence-corrected chi connectivity index (χ1v) is 11.1. The van der Waals surface area contributed by atoms with Crippen molar-refractivity contribution in [2.45, 2.75) is 13.1 Å². The third-order valence-corrected chi connectivity index (χ3v) is 6.20. The van der Waals surface area contributed by atoms with Crippen LogP contribution in [0.5, 0.6) is 0 Å². The first kappa shape index (κ1) is 22.9. The molecule has 14 heteroatoms. The summed E-state index contributed by atoms with van der Waals surface area (Å²) in [7, 11) is 0. The number of amides is 2. The maximum atomic E-state index is 14.3. The standard InChI is InChI=1S/C22H15FN6O6S/c23-12-9-26-29-15(20(31)25-8-11-2-4-17(36-11)21(32)33)6-14(27-18(12)29)19(30)24-7-10-1-3-16-13(5-10)28-22(34)35-16/h1-6,9H,7-8H2,(H,24,30)(H,25,31)(H,28,34)(H,32,33). The average molecular weight is 510 g/mol. The van der Waals surface area contributed by atoms with E-state index in [4.69, 9.17) is 9.52 Å². The van der Waals surface area contributed by atoms with Gasteiger partial charge in [0.25, 0.3) is 11.8 Å². The summed E-state index contributed by atoms with van der Waals surface area (Å²) in [6.45, 7) is 0.0763. The van der Waals surface area contributed by atoms with Crippen LogP contribution in [0.4, 0.5) is 4.39 Å². The van der Waals surface area contributed by atoms with Crippen molar-refractivity contribution in [1.82, 2.24) is 30.2 Å². The Bertz CT molecular complexity index is 1720. The van der Waals surface area contributed by atoms with Gasteiger partial charge in [0.05, 0.1) is 18.3 Å². The molecule has 182 valence electrons. The Labute approximate surface area is 203 Å². The summed E-state index contributed by atoms with van der Waals surface area (Å²) in [6, 6.07) is 9.04. The first-order valence-electron chi connectivity index (χ1n) is 10.3. The van der Waals surface area contributed by atoms with Gasteiger partial charge in [0.2, 0.25) is 0 Å². The first-order chi connectivity index (χ1) is 17.3. The number of aromatic amines is 1. The van der Waals surface area contributed by atoms with E-state index in [2.05, 4.69) is 25.7 Å². The van der Waals surface area contributed by atoms with Crippen molar-refractivity contribution in [3.8, 4) is 0 Å². The number of benzene rings is 1. The molecular weight excluding hydrogens is 495 g/mol. The summed E-state index contributed by atoms with van der Waals surface area (Å²) in [6.07, 6.45) is 0.875. The molecule has 36 heavy (non-hydrogen) atoms. The number of hydrogen-bond acceptors (Lipinski definition) is 8. The predicted octanol–water partition coefficient (Wildman–Crippen LogP) is 1.92. The summed E-state index contributed by atoms with van der Waals surface area (Å²) in [5.41, 5.74) is 0.827. The monoisotopic (exact) mass is 510 g/mol. The second-order valence-electron chi connectivity index (χ2n) is 7.54. The molecule has 2 amide bonds. The van der Waals surface area contributed by atoms with Gasteiger partial charge in [-0.05, 0) is 29.8 Å². The van der Waals surface area contributed by atoms with Gasteiger partial charge in [-0.25, -0.2) is 23.5 Å². The van der Waals surface area contributed by atoms with Crippen LogP contribution in [0.3, 0.4) is 0 Å². The Balaban J connectivity index is 1.35. The van der Waals surface area contributed by atoms with Crippen LogP contribution < -0.4 is 16.4 Å². The smallest absolute Gasteiger partial charge is 0.417 e. The predicted molar refractivity (Wildman–Crippen MR) is 123 cm³/mol.